The number of imidazole rings is 1. The molecule has 1 aromatic carbocycles. The van der Waals surface area contributed by atoms with Gasteiger partial charge in [0.25, 0.3) is 0 Å². The second-order valence-corrected chi connectivity index (χ2v) is 7.91. The van der Waals surface area contributed by atoms with Crippen molar-refractivity contribution in [3.8, 4) is 0 Å². The predicted molar refractivity (Wildman–Crippen MR) is 99.5 cm³/mol. The topological polar surface area (TPSA) is 17.3 Å². The van der Waals surface area contributed by atoms with Gasteiger partial charge in [0.15, 0.2) is 0 Å². The summed E-state index contributed by atoms with van der Waals surface area (Å²) < 4.78 is 2.06. The first-order chi connectivity index (χ1) is 11.6. The molecule has 2 aliphatic rings. The number of fused-ring (bicyclic) bond motifs is 2. The van der Waals surface area contributed by atoms with Gasteiger partial charge in [-0.1, -0.05) is 38.1 Å². The van der Waals surface area contributed by atoms with Gasteiger partial charge in [-0.05, 0) is 72.8 Å². The van der Waals surface area contributed by atoms with Gasteiger partial charge in [-0.25, -0.2) is 4.98 Å². The van der Waals surface area contributed by atoms with Gasteiger partial charge in [-0.2, -0.15) is 0 Å². The van der Waals surface area contributed by atoms with E-state index < -0.39 is 0 Å². The van der Waals surface area contributed by atoms with Gasteiger partial charge in [-0.15, -0.1) is 0 Å². The van der Waals surface area contributed by atoms with Gasteiger partial charge >= 0.3 is 0 Å². The van der Waals surface area contributed by atoms with Crippen LogP contribution in [0, 0.1) is 12.3 Å². The first-order valence-electron chi connectivity index (χ1n) is 9.05. The minimum absolute atomic E-state index is 0.581. The van der Waals surface area contributed by atoms with Crippen molar-refractivity contribution in [2.24, 2.45) is 5.41 Å². The van der Waals surface area contributed by atoms with Crippen LogP contribution in [-0.2, 0) is 12.8 Å². The van der Waals surface area contributed by atoms with Gasteiger partial charge in [0.2, 0.25) is 0 Å². The molecule has 1 fully saturated rings. The number of aromatic nitrogens is 2. The number of nitrogens with zero attached hydrogens (tertiary/aromatic N) is 2. The fourth-order valence-electron chi connectivity index (χ4n) is 4.03. The Morgan fingerprint density at radius 1 is 1.08 bits per heavy atom. The van der Waals surface area contributed by atoms with Crippen LogP contribution in [0.3, 0.4) is 0 Å². The van der Waals surface area contributed by atoms with Crippen LogP contribution in [-0.4, -0.2) is 9.38 Å². The van der Waals surface area contributed by atoms with Crippen LogP contribution in [0.2, 0.25) is 0 Å². The Bertz CT molecular complexity index is 873. The molecule has 0 amide bonds. The lowest BCUT2D eigenvalue weighted by atomic mass is 9.96. The summed E-state index contributed by atoms with van der Waals surface area (Å²) >= 11 is 0. The third-order valence-electron chi connectivity index (χ3n) is 5.67. The number of benzene rings is 1. The normalized spacial score (nSPS) is 20.4. The van der Waals surface area contributed by atoms with E-state index in [4.69, 9.17) is 0 Å². The molecule has 124 valence electrons. The summed E-state index contributed by atoms with van der Waals surface area (Å²) in [6.45, 7) is 6.83. The van der Waals surface area contributed by atoms with Crippen LogP contribution >= 0.6 is 0 Å². The molecule has 0 aliphatic heterocycles. The SMILES string of the molecule is CC1(C)C[C@H]1c1cccc2c1CCC2.Cc1cnc2ccccn12. The summed E-state index contributed by atoms with van der Waals surface area (Å²) in [5.41, 5.74) is 7.77. The maximum absolute atomic E-state index is 4.18. The predicted octanol–water partition coefficient (Wildman–Crippen LogP) is 5.33. The lowest BCUT2D eigenvalue weighted by Crippen LogP contribution is -1.95. The number of hydrogen-bond acceptors (Lipinski definition) is 1. The molecule has 2 aliphatic carbocycles. The molecule has 0 N–H and O–H groups in total. The number of rotatable bonds is 1. The standard InChI is InChI=1S/C14H18.C8H8N2/c1-14(2)9-13(14)12-8-4-6-10-5-3-7-11(10)12;1-7-6-9-8-4-2-3-5-10(7)8/h4,6,8,13H,3,5,7,9H2,1-2H3;2-6H,1H3/t13-;/m0./s1. The van der Waals surface area contributed by atoms with Crippen LogP contribution in [0.5, 0.6) is 0 Å². The van der Waals surface area contributed by atoms with Crippen molar-refractivity contribution >= 4 is 5.65 Å². The Morgan fingerprint density at radius 3 is 2.67 bits per heavy atom. The maximum Gasteiger partial charge on any atom is 0.136 e. The van der Waals surface area contributed by atoms with Gasteiger partial charge in [-0.3, -0.25) is 0 Å². The van der Waals surface area contributed by atoms with Gasteiger partial charge in [0.05, 0.1) is 0 Å². The average molecular weight is 318 g/mol. The Balaban J connectivity index is 0.000000129. The maximum atomic E-state index is 4.18. The van der Waals surface area contributed by atoms with Crippen LogP contribution in [0.25, 0.3) is 5.65 Å². The van der Waals surface area contributed by atoms with Gasteiger partial charge in [0, 0.05) is 18.1 Å². The molecule has 2 heterocycles. The van der Waals surface area contributed by atoms with Crippen molar-refractivity contribution in [1.82, 2.24) is 9.38 Å². The molecule has 2 aromatic heterocycles. The summed E-state index contributed by atoms with van der Waals surface area (Å²) in [6.07, 6.45) is 9.30. The second-order valence-electron chi connectivity index (χ2n) is 7.91. The monoisotopic (exact) mass is 318 g/mol. The minimum atomic E-state index is 0.581. The van der Waals surface area contributed by atoms with E-state index in [9.17, 15) is 0 Å². The molecule has 24 heavy (non-hydrogen) atoms. The zero-order valence-electron chi connectivity index (χ0n) is 14.9. The van der Waals surface area contributed by atoms with Crippen molar-refractivity contribution in [3.63, 3.8) is 0 Å². The third kappa shape index (κ3) is 2.75. The zero-order chi connectivity index (χ0) is 16.7. The molecule has 0 saturated heterocycles. The molecular weight excluding hydrogens is 292 g/mol. The molecule has 0 bridgehead atoms. The third-order valence-corrected chi connectivity index (χ3v) is 5.67. The molecule has 5 rings (SSSR count). The number of hydrogen-bond donors (Lipinski definition) is 0. The largest absolute Gasteiger partial charge is 0.304 e. The van der Waals surface area contributed by atoms with E-state index in [0.717, 1.165) is 11.6 Å². The lowest BCUT2D eigenvalue weighted by Gasteiger charge is -2.09. The molecule has 1 atom stereocenters. The Morgan fingerprint density at radius 2 is 1.92 bits per heavy atom. The summed E-state index contributed by atoms with van der Waals surface area (Å²) in [5, 5.41) is 0. The van der Waals surface area contributed by atoms with Crippen LogP contribution in [0.15, 0.2) is 48.8 Å². The highest BCUT2D eigenvalue weighted by Crippen LogP contribution is 2.59. The van der Waals surface area contributed by atoms with Gasteiger partial charge in [0.1, 0.15) is 5.65 Å². The molecule has 0 spiro atoms. The molecule has 2 heteroatoms. The number of pyridine rings is 1. The van der Waals surface area contributed by atoms with E-state index in [2.05, 4.69) is 41.4 Å². The van der Waals surface area contributed by atoms with Crippen LogP contribution in [0.4, 0.5) is 0 Å². The Labute approximate surface area is 144 Å². The highest BCUT2D eigenvalue weighted by molar-refractivity contribution is 5.43. The lowest BCUT2D eigenvalue weighted by molar-refractivity contribution is 0.620. The first-order valence-corrected chi connectivity index (χ1v) is 9.05. The second kappa shape index (κ2) is 5.77. The van der Waals surface area contributed by atoms with Crippen molar-refractivity contribution < 1.29 is 0 Å². The molecule has 1 saturated carbocycles. The average Bonchev–Trinajstić information content (AvgIpc) is 2.96. The molecule has 0 radical (unpaired) electrons. The fraction of sp³-hybridized carbons (Fsp3) is 0.409. The summed E-state index contributed by atoms with van der Waals surface area (Å²) in [5.74, 6) is 0.857. The molecule has 0 unspecified atom stereocenters. The van der Waals surface area contributed by atoms with Crippen molar-refractivity contribution in [1.29, 1.82) is 0 Å². The van der Waals surface area contributed by atoms with E-state index in [1.54, 1.807) is 16.7 Å². The highest BCUT2D eigenvalue weighted by atomic mass is 15.0. The Kier molecular flexibility index (Phi) is 3.71. The van der Waals surface area contributed by atoms with Crippen LogP contribution < -0.4 is 0 Å². The molecule has 3 aromatic rings. The van der Waals surface area contributed by atoms with Crippen molar-refractivity contribution in [2.45, 2.75) is 52.4 Å². The highest BCUT2D eigenvalue weighted by Gasteiger charge is 2.47. The summed E-state index contributed by atoms with van der Waals surface area (Å²) in [7, 11) is 0. The van der Waals surface area contributed by atoms with Gasteiger partial charge < -0.3 is 4.40 Å². The summed E-state index contributed by atoms with van der Waals surface area (Å²) in [6, 6.07) is 12.9. The molecule has 2 nitrogen and oxygen atoms in total. The molecular formula is C22H26N2. The number of aryl methyl sites for hydroxylation is 2. The van der Waals surface area contributed by atoms with E-state index in [1.807, 2.05) is 37.5 Å². The zero-order valence-corrected chi connectivity index (χ0v) is 14.9. The van der Waals surface area contributed by atoms with Crippen molar-refractivity contribution in [2.75, 3.05) is 0 Å². The Hall–Kier alpha value is -2.09. The van der Waals surface area contributed by atoms with E-state index in [-0.39, 0.29) is 0 Å². The van der Waals surface area contributed by atoms with E-state index >= 15 is 0 Å². The van der Waals surface area contributed by atoms with E-state index in [1.165, 1.54) is 31.4 Å². The van der Waals surface area contributed by atoms with Crippen LogP contribution in [0.1, 0.15) is 55.0 Å². The van der Waals surface area contributed by atoms with E-state index in [0.29, 0.717) is 5.41 Å². The minimum Gasteiger partial charge on any atom is -0.304 e. The van der Waals surface area contributed by atoms with Crippen molar-refractivity contribution in [3.05, 3.63) is 71.2 Å². The fourth-order valence-corrected chi connectivity index (χ4v) is 4.03. The quantitative estimate of drug-likeness (QED) is 0.592. The first kappa shape index (κ1) is 15.4. The smallest absolute Gasteiger partial charge is 0.136 e. The summed E-state index contributed by atoms with van der Waals surface area (Å²) in [4.78, 5) is 4.18.